The smallest absolute Gasteiger partial charge is 0.366 e. The van der Waals surface area contributed by atoms with Gasteiger partial charge in [-0.15, -0.1) is 0 Å². The molecule has 22 heavy (non-hydrogen) atoms. The van der Waals surface area contributed by atoms with Crippen molar-refractivity contribution in [3.8, 4) is 0 Å². The van der Waals surface area contributed by atoms with Gasteiger partial charge in [0.25, 0.3) is 5.89 Å². The second-order valence-electron chi connectivity index (χ2n) is 6.03. The first-order valence-electron chi connectivity index (χ1n) is 7.39. The summed E-state index contributed by atoms with van der Waals surface area (Å²) >= 11 is 0. The fourth-order valence-corrected chi connectivity index (χ4v) is 3.56. The molecule has 1 aliphatic carbocycles. The monoisotopic (exact) mass is 332 g/mol. The van der Waals surface area contributed by atoms with Crippen molar-refractivity contribution in [3.05, 3.63) is 11.7 Å². The van der Waals surface area contributed by atoms with Gasteiger partial charge in [0.15, 0.2) is 5.82 Å². The molecule has 1 aromatic rings. The SMILES string of the molecule is O=S(=O)(F)N1CC(N2CCOC(c3nc(C4CC4)no3)C2)C1. The highest BCUT2D eigenvalue weighted by Gasteiger charge is 2.41. The van der Waals surface area contributed by atoms with E-state index in [9.17, 15) is 12.3 Å². The lowest BCUT2D eigenvalue weighted by molar-refractivity contribution is -0.0734. The van der Waals surface area contributed by atoms with Gasteiger partial charge in [-0.05, 0) is 12.8 Å². The van der Waals surface area contributed by atoms with Gasteiger partial charge in [0, 0.05) is 38.1 Å². The van der Waals surface area contributed by atoms with Crippen molar-refractivity contribution >= 4 is 10.4 Å². The lowest BCUT2D eigenvalue weighted by Crippen LogP contribution is -2.62. The fourth-order valence-electron chi connectivity index (χ4n) is 2.86. The number of ether oxygens (including phenoxy) is 1. The van der Waals surface area contributed by atoms with Crippen molar-refractivity contribution in [3.63, 3.8) is 0 Å². The summed E-state index contributed by atoms with van der Waals surface area (Å²) < 4.78 is 46.2. The van der Waals surface area contributed by atoms with Crippen molar-refractivity contribution in [2.24, 2.45) is 0 Å². The molecule has 8 nitrogen and oxygen atoms in total. The number of halogens is 1. The molecular formula is C12H17FN4O4S. The molecule has 3 aliphatic rings. The highest BCUT2D eigenvalue weighted by molar-refractivity contribution is 7.84. The zero-order valence-corrected chi connectivity index (χ0v) is 12.7. The summed E-state index contributed by atoms with van der Waals surface area (Å²) in [5, 5.41) is 3.98. The molecule has 1 unspecified atom stereocenters. The Hall–Kier alpha value is -1.10. The van der Waals surface area contributed by atoms with E-state index in [-0.39, 0.29) is 25.2 Å². The Morgan fingerprint density at radius 2 is 2.00 bits per heavy atom. The van der Waals surface area contributed by atoms with Gasteiger partial charge in [0.05, 0.1) is 6.61 Å². The molecule has 1 aromatic heterocycles. The Bertz CT molecular complexity index is 656. The van der Waals surface area contributed by atoms with E-state index in [2.05, 4.69) is 15.0 Å². The zero-order valence-electron chi connectivity index (χ0n) is 11.9. The third kappa shape index (κ3) is 2.75. The van der Waals surface area contributed by atoms with Gasteiger partial charge in [-0.3, -0.25) is 4.90 Å². The van der Waals surface area contributed by atoms with Crippen molar-refractivity contribution < 1.29 is 21.6 Å². The molecule has 0 aromatic carbocycles. The first-order chi connectivity index (χ1) is 10.5. The van der Waals surface area contributed by atoms with Crippen LogP contribution in [-0.2, 0) is 15.1 Å². The number of rotatable bonds is 4. The summed E-state index contributed by atoms with van der Waals surface area (Å²) in [6.07, 6.45) is 1.91. The van der Waals surface area contributed by atoms with Crippen molar-refractivity contribution in [1.29, 1.82) is 0 Å². The van der Waals surface area contributed by atoms with Crippen LogP contribution in [0.1, 0.15) is 36.6 Å². The molecule has 0 spiro atoms. The van der Waals surface area contributed by atoms with Gasteiger partial charge < -0.3 is 9.26 Å². The molecule has 1 atom stereocenters. The Labute approximate surface area is 127 Å². The highest BCUT2D eigenvalue weighted by Crippen LogP contribution is 2.38. The largest absolute Gasteiger partial charge is 0.374 e. The minimum absolute atomic E-state index is 0.0164. The maximum atomic E-state index is 12.8. The van der Waals surface area contributed by atoms with Crippen LogP contribution in [0.25, 0.3) is 0 Å². The minimum atomic E-state index is -4.57. The number of morpholine rings is 1. The molecule has 1 saturated carbocycles. The van der Waals surface area contributed by atoms with E-state index >= 15 is 0 Å². The van der Waals surface area contributed by atoms with Crippen LogP contribution in [0.2, 0.25) is 0 Å². The van der Waals surface area contributed by atoms with E-state index in [0.717, 1.165) is 23.0 Å². The Morgan fingerprint density at radius 1 is 1.23 bits per heavy atom. The Kier molecular flexibility index (Phi) is 3.44. The van der Waals surface area contributed by atoms with E-state index < -0.39 is 10.4 Å². The van der Waals surface area contributed by atoms with Gasteiger partial charge in [-0.1, -0.05) is 9.04 Å². The molecule has 4 rings (SSSR count). The van der Waals surface area contributed by atoms with Crippen LogP contribution in [0.5, 0.6) is 0 Å². The summed E-state index contributed by atoms with van der Waals surface area (Å²) in [6, 6.07) is 0.0164. The van der Waals surface area contributed by atoms with Crippen LogP contribution in [0.15, 0.2) is 4.52 Å². The van der Waals surface area contributed by atoms with E-state index in [0.29, 0.717) is 31.5 Å². The third-order valence-electron chi connectivity index (χ3n) is 4.43. The average Bonchev–Trinajstić information content (AvgIpc) is 3.13. The van der Waals surface area contributed by atoms with Crippen LogP contribution in [0.3, 0.4) is 0 Å². The zero-order chi connectivity index (χ0) is 15.3. The summed E-state index contributed by atoms with van der Waals surface area (Å²) in [4.78, 5) is 6.49. The molecule has 2 saturated heterocycles. The van der Waals surface area contributed by atoms with Crippen molar-refractivity contribution in [2.45, 2.75) is 30.9 Å². The minimum Gasteiger partial charge on any atom is -0.366 e. The van der Waals surface area contributed by atoms with Gasteiger partial charge in [0.1, 0.15) is 6.10 Å². The van der Waals surface area contributed by atoms with Gasteiger partial charge in [0.2, 0.25) is 0 Å². The molecule has 0 N–H and O–H groups in total. The molecule has 0 bridgehead atoms. The average molecular weight is 332 g/mol. The summed E-state index contributed by atoms with van der Waals surface area (Å²) in [5.41, 5.74) is 0. The van der Waals surface area contributed by atoms with Crippen molar-refractivity contribution in [1.82, 2.24) is 19.3 Å². The second kappa shape index (κ2) is 5.22. The fraction of sp³-hybridized carbons (Fsp3) is 0.833. The maximum Gasteiger partial charge on any atom is 0.374 e. The molecule has 0 radical (unpaired) electrons. The summed E-state index contributed by atoms with van der Waals surface area (Å²) in [5.74, 6) is 1.64. The number of nitrogens with zero attached hydrogens (tertiary/aromatic N) is 4. The normalized spacial score (nSPS) is 28.7. The highest BCUT2D eigenvalue weighted by atomic mass is 32.3. The molecule has 122 valence electrons. The molecule has 3 fully saturated rings. The van der Waals surface area contributed by atoms with Crippen LogP contribution >= 0.6 is 0 Å². The van der Waals surface area contributed by atoms with Gasteiger partial charge >= 0.3 is 10.4 Å². The van der Waals surface area contributed by atoms with Gasteiger partial charge in [-0.2, -0.15) is 17.7 Å². The number of hydrogen-bond donors (Lipinski definition) is 0. The lowest BCUT2D eigenvalue weighted by atomic mass is 10.1. The summed E-state index contributed by atoms with van der Waals surface area (Å²) in [6.45, 7) is 2.11. The van der Waals surface area contributed by atoms with Gasteiger partial charge in [-0.25, -0.2) is 0 Å². The molecule has 0 amide bonds. The Balaban J connectivity index is 1.37. The van der Waals surface area contributed by atoms with Crippen LogP contribution in [0, 0.1) is 0 Å². The maximum absolute atomic E-state index is 12.8. The van der Waals surface area contributed by atoms with Crippen LogP contribution in [-0.4, -0.2) is 66.6 Å². The second-order valence-corrected chi connectivity index (χ2v) is 7.37. The Morgan fingerprint density at radius 3 is 2.68 bits per heavy atom. The van der Waals surface area contributed by atoms with E-state index in [4.69, 9.17) is 9.26 Å². The molecule has 10 heteroatoms. The predicted octanol–water partition coefficient (Wildman–Crippen LogP) is 0.219. The number of aromatic nitrogens is 2. The van der Waals surface area contributed by atoms with E-state index in [1.54, 1.807) is 0 Å². The van der Waals surface area contributed by atoms with E-state index in [1.807, 2.05) is 0 Å². The molecule has 2 aliphatic heterocycles. The third-order valence-corrected chi connectivity index (χ3v) is 5.34. The quantitative estimate of drug-likeness (QED) is 0.729. The van der Waals surface area contributed by atoms with Crippen LogP contribution < -0.4 is 0 Å². The predicted molar refractivity (Wildman–Crippen MR) is 71.9 cm³/mol. The lowest BCUT2D eigenvalue weighted by Gasteiger charge is -2.45. The van der Waals surface area contributed by atoms with Crippen LogP contribution in [0.4, 0.5) is 3.89 Å². The standard InChI is InChI=1S/C12H17FN4O4S/c13-22(18,19)17-5-9(6-17)16-3-4-20-10(7-16)12-14-11(15-21-12)8-1-2-8/h8-10H,1-7H2. The molecular weight excluding hydrogens is 315 g/mol. The number of hydrogen-bond acceptors (Lipinski definition) is 7. The van der Waals surface area contributed by atoms with E-state index in [1.165, 1.54) is 0 Å². The first-order valence-corrected chi connectivity index (χ1v) is 8.73. The first kappa shape index (κ1) is 14.5. The van der Waals surface area contributed by atoms with Crippen molar-refractivity contribution in [2.75, 3.05) is 32.8 Å². The topological polar surface area (TPSA) is 88.8 Å². The summed E-state index contributed by atoms with van der Waals surface area (Å²) in [7, 11) is -4.57. The molecule has 3 heterocycles.